The molecular weight excluding hydrogens is 244 g/mol. The van der Waals surface area contributed by atoms with Crippen molar-refractivity contribution in [3.05, 3.63) is 35.4 Å². The lowest BCUT2D eigenvalue weighted by molar-refractivity contribution is -0.139. The molecule has 0 amide bonds. The predicted octanol–water partition coefficient (Wildman–Crippen LogP) is 0.932. The Balaban J connectivity index is 2.29. The van der Waals surface area contributed by atoms with Gasteiger partial charge in [-0.05, 0) is 36.7 Å². The van der Waals surface area contributed by atoms with E-state index in [1.54, 1.807) is 0 Å². The second kappa shape index (κ2) is 7.03. The van der Waals surface area contributed by atoms with Gasteiger partial charge in [0.25, 0.3) is 0 Å². The van der Waals surface area contributed by atoms with E-state index >= 15 is 0 Å². The number of benzene rings is 1. The number of halogens is 2. The minimum absolute atomic E-state index is 0.100. The van der Waals surface area contributed by atoms with Crippen LogP contribution in [0.1, 0.15) is 12.0 Å². The molecule has 0 fully saturated rings. The lowest BCUT2D eigenvalue weighted by atomic mass is 10.1. The molecule has 100 valence electrons. The van der Waals surface area contributed by atoms with Crippen LogP contribution in [-0.2, 0) is 11.2 Å². The van der Waals surface area contributed by atoms with Crippen molar-refractivity contribution in [2.45, 2.75) is 18.9 Å². The molecule has 18 heavy (non-hydrogen) atoms. The van der Waals surface area contributed by atoms with Crippen molar-refractivity contribution in [3.63, 3.8) is 0 Å². The van der Waals surface area contributed by atoms with Crippen LogP contribution in [0, 0.1) is 11.6 Å². The van der Waals surface area contributed by atoms with Crippen LogP contribution in [0.5, 0.6) is 0 Å². The maximum Gasteiger partial charge on any atom is 0.306 e. The number of hydrogen-bond acceptors (Lipinski definition) is 3. The molecule has 0 saturated carbocycles. The summed E-state index contributed by atoms with van der Waals surface area (Å²) in [6, 6.07) is 3.22. The van der Waals surface area contributed by atoms with Crippen LogP contribution in [0.15, 0.2) is 18.2 Å². The highest BCUT2D eigenvalue weighted by atomic mass is 19.1. The third kappa shape index (κ3) is 5.20. The number of aliphatic hydroxyl groups excluding tert-OH is 1. The molecule has 0 aliphatic heterocycles. The molecule has 0 spiro atoms. The zero-order valence-corrected chi connectivity index (χ0v) is 9.70. The standard InChI is InChI=1S/C12H15F2NO3/c13-9-1-2-11(14)8(5-9)3-4-15-7-10(16)6-12(17)18/h1-2,5,10,15-16H,3-4,6-7H2,(H,17,18). The molecular formula is C12H15F2NO3. The zero-order valence-electron chi connectivity index (χ0n) is 9.70. The van der Waals surface area contributed by atoms with Crippen molar-refractivity contribution >= 4 is 5.97 Å². The van der Waals surface area contributed by atoms with Crippen LogP contribution in [0.3, 0.4) is 0 Å². The highest BCUT2D eigenvalue weighted by Gasteiger charge is 2.09. The van der Waals surface area contributed by atoms with E-state index < -0.39 is 23.7 Å². The number of carboxylic acids is 1. The first-order valence-electron chi connectivity index (χ1n) is 5.53. The molecule has 0 heterocycles. The lowest BCUT2D eigenvalue weighted by Gasteiger charge is -2.09. The van der Waals surface area contributed by atoms with Gasteiger partial charge >= 0.3 is 5.97 Å². The van der Waals surface area contributed by atoms with Gasteiger partial charge in [0.15, 0.2) is 0 Å². The average Bonchev–Trinajstić information content (AvgIpc) is 2.28. The highest BCUT2D eigenvalue weighted by molar-refractivity contribution is 5.67. The van der Waals surface area contributed by atoms with Gasteiger partial charge in [0, 0.05) is 6.54 Å². The van der Waals surface area contributed by atoms with E-state index in [0.29, 0.717) is 6.54 Å². The summed E-state index contributed by atoms with van der Waals surface area (Å²) in [5.41, 5.74) is 0.246. The molecule has 1 unspecified atom stereocenters. The first kappa shape index (κ1) is 14.5. The predicted molar refractivity (Wildman–Crippen MR) is 61.2 cm³/mol. The summed E-state index contributed by atoms with van der Waals surface area (Å²) >= 11 is 0. The first-order valence-corrected chi connectivity index (χ1v) is 5.53. The van der Waals surface area contributed by atoms with E-state index in [4.69, 9.17) is 5.11 Å². The fourth-order valence-corrected chi connectivity index (χ4v) is 1.50. The Morgan fingerprint density at radius 2 is 2.11 bits per heavy atom. The highest BCUT2D eigenvalue weighted by Crippen LogP contribution is 2.09. The number of rotatable bonds is 7. The number of carboxylic acid groups (broad SMARTS) is 1. The Labute approximate surface area is 103 Å². The summed E-state index contributed by atoms with van der Waals surface area (Å²) in [6.45, 7) is 0.431. The van der Waals surface area contributed by atoms with Crippen LogP contribution < -0.4 is 5.32 Å². The molecule has 0 radical (unpaired) electrons. The normalized spacial score (nSPS) is 12.4. The van der Waals surface area contributed by atoms with Crippen LogP contribution in [0.2, 0.25) is 0 Å². The quantitative estimate of drug-likeness (QED) is 0.637. The van der Waals surface area contributed by atoms with E-state index in [1.807, 2.05) is 0 Å². The van der Waals surface area contributed by atoms with Gasteiger partial charge < -0.3 is 15.5 Å². The molecule has 6 heteroatoms. The van der Waals surface area contributed by atoms with Gasteiger partial charge in [-0.1, -0.05) is 0 Å². The molecule has 1 rings (SSSR count). The molecule has 1 aromatic rings. The number of aliphatic carboxylic acids is 1. The summed E-state index contributed by atoms with van der Waals surface area (Å²) in [5, 5.41) is 20.4. The fraction of sp³-hybridized carbons (Fsp3) is 0.417. The topological polar surface area (TPSA) is 69.6 Å². The maximum absolute atomic E-state index is 13.2. The van der Waals surface area contributed by atoms with Gasteiger partial charge in [0.1, 0.15) is 11.6 Å². The molecule has 1 atom stereocenters. The molecule has 0 bridgehead atoms. The smallest absolute Gasteiger partial charge is 0.306 e. The van der Waals surface area contributed by atoms with Gasteiger partial charge in [0.05, 0.1) is 12.5 Å². The summed E-state index contributed by atoms with van der Waals surface area (Å²) in [7, 11) is 0. The number of hydrogen-bond donors (Lipinski definition) is 3. The molecule has 0 aromatic heterocycles. The van der Waals surface area contributed by atoms with Crippen LogP contribution >= 0.6 is 0 Å². The summed E-state index contributed by atoms with van der Waals surface area (Å²) in [5.74, 6) is -2.07. The zero-order chi connectivity index (χ0) is 13.5. The van der Waals surface area contributed by atoms with Crippen molar-refractivity contribution in [3.8, 4) is 0 Å². The van der Waals surface area contributed by atoms with Crippen LogP contribution in [0.4, 0.5) is 8.78 Å². The SMILES string of the molecule is O=C(O)CC(O)CNCCc1cc(F)ccc1F. The largest absolute Gasteiger partial charge is 0.481 e. The number of aliphatic hydroxyl groups is 1. The number of carbonyl (C=O) groups is 1. The molecule has 3 N–H and O–H groups in total. The summed E-state index contributed by atoms with van der Waals surface area (Å²) < 4.78 is 26.0. The van der Waals surface area contributed by atoms with E-state index in [-0.39, 0.29) is 24.9 Å². The summed E-state index contributed by atoms with van der Waals surface area (Å²) in [6.07, 6.45) is -1.06. The van der Waals surface area contributed by atoms with E-state index in [1.165, 1.54) is 0 Å². The molecule has 0 aliphatic carbocycles. The number of nitrogens with one attached hydrogen (secondary N) is 1. The fourth-order valence-electron chi connectivity index (χ4n) is 1.50. The van der Waals surface area contributed by atoms with E-state index in [9.17, 15) is 18.7 Å². The molecule has 0 aliphatic rings. The molecule has 0 saturated heterocycles. The Hall–Kier alpha value is -1.53. The van der Waals surface area contributed by atoms with Crippen molar-refractivity contribution in [1.29, 1.82) is 0 Å². The third-order valence-electron chi connectivity index (χ3n) is 2.37. The van der Waals surface area contributed by atoms with E-state index in [0.717, 1.165) is 18.2 Å². The first-order chi connectivity index (χ1) is 8.49. The molecule has 1 aromatic carbocycles. The Bertz CT molecular complexity index is 412. The van der Waals surface area contributed by atoms with E-state index in [2.05, 4.69) is 5.32 Å². The Morgan fingerprint density at radius 3 is 2.78 bits per heavy atom. The van der Waals surface area contributed by atoms with Crippen LogP contribution in [0.25, 0.3) is 0 Å². The Morgan fingerprint density at radius 1 is 1.39 bits per heavy atom. The van der Waals surface area contributed by atoms with Crippen molar-refractivity contribution in [2.75, 3.05) is 13.1 Å². The van der Waals surface area contributed by atoms with Crippen LogP contribution in [-0.4, -0.2) is 35.4 Å². The van der Waals surface area contributed by atoms with Gasteiger partial charge in [-0.15, -0.1) is 0 Å². The lowest BCUT2D eigenvalue weighted by Crippen LogP contribution is -2.30. The van der Waals surface area contributed by atoms with Crippen molar-refractivity contribution in [2.24, 2.45) is 0 Å². The van der Waals surface area contributed by atoms with Crippen molar-refractivity contribution < 1.29 is 23.8 Å². The van der Waals surface area contributed by atoms with Gasteiger partial charge in [-0.25, -0.2) is 8.78 Å². The maximum atomic E-state index is 13.2. The minimum Gasteiger partial charge on any atom is -0.481 e. The minimum atomic E-state index is -1.08. The van der Waals surface area contributed by atoms with Gasteiger partial charge in [0.2, 0.25) is 0 Å². The van der Waals surface area contributed by atoms with Gasteiger partial charge in [-0.3, -0.25) is 4.79 Å². The molecule has 4 nitrogen and oxygen atoms in total. The second-order valence-electron chi connectivity index (χ2n) is 3.94. The second-order valence-corrected chi connectivity index (χ2v) is 3.94. The average molecular weight is 259 g/mol. The Kier molecular flexibility index (Phi) is 5.67. The van der Waals surface area contributed by atoms with Crippen molar-refractivity contribution in [1.82, 2.24) is 5.32 Å². The summed E-state index contributed by atoms with van der Waals surface area (Å²) in [4.78, 5) is 10.3. The third-order valence-corrected chi connectivity index (χ3v) is 2.37. The van der Waals surface area contributed by atoms with Gasteiger partial charge in [-0.2, -0.15) is 0 Å². The monoisotopic (exact) mass is 259 g/mol.